The van der Waals surface area contributed by atoms with Gasteiger partial charge in [-0.05, 0) is 41.6 Å². The predicted octanol–water partition coefficient (Wildman–Crippen LogP) is 1.96. The highest BCUT2D eigenvalue weighted by Gasteiger charge is 2.08. The lowest BCUT2D eigenvalue weighted by Crippen LogP contribution is -2.24. The van der Waals surface area contributed by atoms with Gasteiger partial charge >= 0.3 is 0 Å². The number of benzene rings is 1. The summed E-state index contributed by atoms with van der Waals surface area (Å²) in [6.45, 7) is 2.22. The Kier molecular flexibility index (Phi) is 3.96. The molecule has 0 saturated heterocycles. The summed E-state index contributed by atoms with van der Waals surface area (Å²) in [4.78, 5) is 11.6. The number of amides is 1. The minimum Gasteiger partial charge on any atom is -0.341 e. The van der Waals surface area contributed by atoms with Crippen molar-refractivity contribution in [1.82, 2.24) is 5.32 Å². The van der Waals surface area contributed by atoms with Gasteiger partial charge < -0.3 is 5.32 Å². The molecule has 0 atom stereocenters. The Bertz CT molecular complexity index is 393. The topological polar surface area (TPSA) is 29.1 Å². The Labute approximate surface area is 97.2 Å². The van der Waals surface area contributed by atoms with E-state index in [0.717, 1.165) is 9.13 Å². The molecule has 0 aliphatic carbocycles. The third kappa shape index (κ3) is 2.74. The van der Waals surface area contributed by atoms with Crippen molar-refractivity contribution in [3.8, 4) is 12.3 Å². The molecule has 1 aromatic carbocycles. The van der Waals surface area contributed by atoms with Gasteiger partial charge in [0.05, 0.1) is 12.1 Å². The fourth-order valence-electron chi connectivity index (χ4n) is 1.04. The smallest absolute Gasteiger partial charge is 0.253 e. The van der Waals surface area contributed by atoms with Crippen molar-refractivity contribution in [2.45, 2.75) is 6.92 Å². The zero-order chi connectivity index (χ0) is 10.6. The molecule has 0 radical (unpaired) electrons. The molecular weight excluding hydrogens is 289 g/mol. The molecular formula is C11H10INO. The van der Waals surface area contributed by atoms with Crippen molar-refractivity contribution < 1.29 is 4.79 Å². The van der Waals surface area contributed by atoms with Gasteiger partial charge in [0.25, 0.3) is 5.91 Å². The van der Waals surface area contributed by atoms with Crippen molar-refractivity contribution in [3.63, 3.8) is 0 Å². The third-order valence-electron chi connectivity index (χ3n) is 1.72. The van der Waals surface area contributed by atoms with Crippen molar-refractivity contribution in [3.05, 3.63) is 32.9 Å². The lowest BCUT2D eigenvalue weighted by Gasteiger charge is -2.05. The van der Waals surface area contributed by atoms with E-state index < -0.39 is 0 Å². The van der Waals surface area contributed by atoms with Gasteiger partial charge in [-0.25, -0.2) is 0 Å². The minimum absolute atomic E-state index is 0.115. The van der Waals surface area contributed by atoms with Gasteiger partial charge in [0, 0.05) is 3.57 Å². The average Bonchev–Trinajstić information content (AvgIpc) is 2.18. The van der Waals surface area contributed by atoms with Crippen molar-refractivity contribution in [1.29, 1.82) is 0 Å². The highest BCUT2D eigenvalue weighted by Crippen LogP contribution is 2.13. The van der Waals surface area contributed by atoms with Crippen LogP contribution in [0.3, 0.4) is 0 Å². The maximum absolute atomic E-state index is 11.6. The molecule has 0 bridgehead atoms. The molecule has 1 N–H and O–H groups in total. The van der Waals surface area contributed by atoms with Crippen LogP contribution in [0.2, 0.25) is 0 Å². The second kappa shape index (κ2) is 5.01. The number of terminal acetylenes is 1. The Balaban J connectivity index is 2.90. The van der Waals surface area contributed by atoms with E-state index in [2.05, 4.69) is 33.8 Å². The second-order valence-electron chi connectivity index (χ2n) is 2.87. The summed E-state index contributed by atoms with van der Waals surface area (Å²) in [5.41, 5.74) is 1.75. The van der Waals surface area contributed by atoms with Crippen LogP contribution >= 0.6 is 22.6 Å². The lowest BCUT2D eigenvalue weighted by atomic mass is 10.1. The molecule has 1 aromatic rings. The van der Waals surface area contributed by atoms with Gasteiger partial charge in [-0.15, -0.1) is 6.42 Å². The summed E-state index contributed by atoms with van der Waals surface area (Å²) in [6.07, 6.45) is 5.06. The van der Waals surface area contributed by atoms with Gasteiger partial charge in [-0.3, -0.25) is 4.79 Å². The van der Waals surface area contributed by atoms with Gasteiger partial charge in [0.1, 0.15) is 0 Å². The summed E-state index contributed by atoms with van der Waals surface area (Å²) >= 11 is 2.13. The van der Waals surface area contributed by atoms with Crippen LogP contribution in [0.4, 0.5) is 0 Å². The minimum atomic E-state index is -0.115. The second-order valence-corrected chi connectivity index (χ2v) is 4.03. The van der Waals surface area contributed by atoms with E-state index in [1.54, 1.807) is 0 Å². The van der Waals surface area contributed by atoms with E-state index in [0.29, 0.717) is 5.56 Å². The van der Waals surface area contributed by atoms with E-state index in [1.165, 1.54) is 0 Å². The molecule has 0 aromatic heterocycles. The first-order valence-corrected chi connectivity index (χ1v) is 5.21. The van der Waals surface area contributed by atoms with Crippen LogP contribution < -0.4 is 5.32 Å². The normalized spacial score (nSPS) is 9.21. The highest BCUT2D eigenvalue weighted by molar-refractivity contribution is 14.1. The first-order valence-electron chi connectivity index (χ1n) is 4.13. The molecule has 1 amide bonds. The number of carbonyl (C=O) groups is 1. The van der Waals surface area contributed by atoms with Crippen molar-refractivity contribution >= 4 is 28.5 Å². The Morgan fingerprint density at radius 1 is 1.64 bits per heavy atom. The zero-order valence-electron chi connectivity index (χ0n) is 7.80. The SMILES string of the molecule is C#CCNC(=O)c1cc(C)ccc1I. The molecule has 14 heavy (non-hydrogen) atoms. The fraction of sp³-hybridized carbons (Fsp3) is 0.182. The molecule has 0 heterocycles. The van der Waals surface area contributed by atoms with Crippen LogP contribution in [-0.4, -0.2) is 12.5 Å². The summed E-state index contributed by atoms with van der Waals surface area (Å²) in [6, 6.07) is 5.74. The van der Waals surface area contributed by atoms with Crippen LogP contribution in [0.5, 0.6) is 0 Å². The van der Waals surface area contributed by atoms with Crippen LogP contribution in [0.1, 0.15) is 15.9 Å². The van der Waals surface area contributed by atoms with Gasteiger partial charge in [-0.1, -0.05) is 17.6 Å². The van der Waals surface area contributed by atoms with Gasteiger partial charge in [0.15, 0.2) is 0 Å². The average molecular weight is 299 g/mol. The number of halogens is 1. The molecule has 0 aliphatic rings. The summed E-state index contributed by atoms with van der Waals surface area (Å²) in [5, 5.41) is 2.64. The van der Waals surface area contributed by atoms with Crippen LogP contribution in [0, 0.1) is 22.8 Å². The van der Waals surface area contributed by atoms with Gasteiger partial charge in [-0.2, -0.15) is 0 Å². The number of aryl methyl sites for hydroxylation is 1. The van der Waals surface area contributed by atoms with E-state index in [4.69, 9.17) is 6.42 Å². The first kappa shape index (κ1) is 11.1. The first-order chi connectivity index (χ1) is 6.65. The molecule has 1 rings (SSSR count). The highest BCUT2D eigenvalue weighted by atomic mass is 127. The third-order valence-corrected chi connectivity index (χ3v) is 2.66. The number of hydrogen-bond acceptors (Lipinski definition) is 1. The summed E-state index contributed by atoms with van der Waals surface area (Å²) in [7, 11) is 0. The summed E-state index contributed by atoms with van der Waals surface area (Å²) in [5.74, 6) is 2.25. The maximum atomic E-state index is 11.6. The van der Waals surface area contributed by atoms with Gasteiger partial charge in [0.2, 0.25) is 0 Å². The van der Waals surface area contributed by atoms with Crippen molar-refractivity contribution in [2.75, 3.05) is 6.54 Å². The maximum Gasteiger partial charge on any atom is 0.253 e. The number of nitrogens with one attached hydrogen (secondary N) is 1. The zero-order valence-corrected chi connectivity index (χ0v) is 9.96. The monoisotopic (exact) mass is 299 g/mol. The fourth-order valence-corrected chi connectivity index (χ4v) is 1.62. The Morgan fingerprint density at radius 2 is 2.36 bits per heavy atom. The lowest BCUT2D eigenvalue weighted by molar-refractivity contribution is 0.0957. The van der Waals surface area contributed by atoms with Crippen LogP contribution in [0.15, 0.2) is 18.2 Å². The quantitative estimate of drug-likeness (QED) is 0.656. The number of carbonyl (C=O) groups excluding carboxylic acids is 1. The number of rotatable bonds is 2. The Hall–Kier alpha value is -1.02. The predicted molar refractivity (Wildman–Crippen MR) is 65.1 cm³/mol. The molecule has 0 unspecified atom stereocenters. The Morgan fingerprint density at radius 3 is 3.00 bits per heavy atom. The van der Waals surface area contributed by atoms with Crippen molar-refractivity contribution in [2.24, 2.45) is 0 Å². The molecule has 0 spiro atoms. The van der Waals surface area contributed by atoms with Crippen LogP contribution in [-0.2, 0) is 0 Å². The van der Waals surface area contributed by atoms with E-state index in [1.807, 2.05) is 25.1 Å². The number of hydrogen-bond donors (Lipinski definition) is 1. The standard InChI is InChI=1S/C11H10INO/c1-3-6-13-11(14)9-7-8(2)4-5-10(9)12/h1,4-5,7H,6H2,2H3,(H,13,14). The van der Waals surface area contributed by atoms with E-state index >= 15 is 0 Å². The largest absolute Gasteiger partial charge is 0.341 e. The molecule has 0 aliphatic heterocycles. The molecule has 2 nitrogen and oxygen atoms in total. The molecule has 72 valence electrons. The van der Waals surface area contributed by atoms with Crippen LogP contribution in [0.25, 0.3) is 0 Å². The molecule has 0 fully saturated rings. The molecule has 3 heteroatoms. The van der Waals surface area contributed by atoms with E-state index in [-0.39, 0.29) is 12.5 Å². The van der Waals surface area contributed by atoms with E-state index in [9.17, 15) is 4.79 Å². The summed E-state index contributed by atoms with van der Waals surface area (Å²) < 4.78 is 0.933. The molecule has 0 saturated carbocycles.